The second-order valence-electron chi connectivity index (χ2n) is 6.41. The molecule has 0 aliphatic carbocycles. The maximum Gasteiger partial charge on any atom is 0.363 e. The molecule has 7 heteroatoms. The van der Waals surface area contributed by atoms with Crippen LogP contribution in [-0.4, -0.2) is 11.9 Å². The maximum absolute atomic E-state index is 12.3. The van der Waals surface area contributed by atoms with Crippen LogP contribution in [0.4, 0.5) is 0 Å². The van der Waals surface area contributed by atoms with Gasteiger partial charge in [0.2, 0.25) is 5.90 Å². The molecule has 0 unspecified atom stereocenters. The molecule has 0 bridgehead atoms. The van der Waals surface area contributed by atoms with E-state index in [9.17, 15) is 4.79 Å². The van der Waals surface area contributed by atoms with E-state index in [1.807, 2.05) is 48.5 Å². The molecular weight excluding hydrogens is 489 g/mol. The highest BCUT2D eigenvalue weighted by Crippen LogP contribution is 2.27. The van der Waals surface area contributed by atoms with Gasteiger partial charge in [-0.2, -0.15) is 0 Å². The van der Waals surface area contributed by atoms with Crippen molar-refractivity contribution in [2.45, 2.75) is 6.61 Å². The highest BCUT2D eigenvalue weighted by Gasteiger charge is 2.25. The smallest absolute Gasteiger partial charge is 0.363 e. The summed E-state index contributed by atoms with van der Waals surface area (Å²) in [6.07, 6.45) is 1.64. The summed E-state index contributed by atoms with van der Waals surface area (Å²) in [6.45, 7) is 0.418. The van der Waals surface area contributed by atoms with Gasteiger partial charge >= 0.3 is 5.97 Å². The third kappa shape index (κ3) is 4.75. The lowest BCUT2D eigenvalue weighted by atomic mass is 10.2. The summed E-state index contributed by atoms with van der Waals surface area (Å²) in [5.41, 5.74) is 2.48. The van der Waals surface area contributed by atoms with Crippen molar-refractivity contribution in [2.75, 3.05) is 0 Å². The Morgan fingerprint density at radius 3 is 2.67 bits per heavy atom. The molecule has 1 aliphatic heterocycles. The third-order valence-electron chi connectivity index (χ3n) is 4.30. The standard InChI is InChI=1S/C23H14BrCl2NO3/c24-19-7-2-1-5-15(19)13-29-17-6-3-4-14(10-17)11-21-23(28)30-22(27-21)18-9-8-16(25)12-20(18)26/h1-12H,13H2/b21-11-. The fourth-order valence-electron chi connectivity index (χ4n) is 2.82. The zero-order valence-electron chi connectivity index (χ0n) is 15.4. The number of ether oxygens (including phenoxy) is 2. The number of carbonyl (C=O) groups excluding carboxylic acids is 1. The number of rotatable bonds is 5. The fourth-order valence-corrected chi connectivity index (χ4v) is 3.70. The van der Waals surface area contributed by atoms with Crippen molar-refractivity contribution >= 4 is 57.1 Å². The van der Waals surface area contributed by atoms with Crippen LogP contribution in [0.5, 0.6) is 5.75 Å². The first kappa shape index (κ1) is 20.7. The average molecular weight is 503 g/mol. The summed E-state index contributed by atoms with van der Waals surface area (Å²) in [5.74, 6) is 0.279. The van der Waals surface area contributed by atoms with Gasteiger partial charge in [0.25, 0.3) is 0 Å². The highest BCUT2D eigenvalue weighted by molar-refractivity contribution is 9.10. The number of halogens is 3. The van der Waals surface area contributed by atoms with Gasteiger partial charge in [-0.1, -0.05) is 69.5 Å². The fraction of sp³-hybridized carbons (Fsp3) is 0.0435. The summed E-state index contributed by atoms with van der Waals surface area (Å²) in [5, 5.41) is 0.849. The monoisotopic (exact) mass is 501 g/mol. The van der Waals surface area contributed by atoms with Crippen molar-refractivity contribution in [3.63, 3.8) is 0 Å². The number of hydrogen-bond acceptors (Lipinski definition) is 4. The molecule has 0 atom stereocenters. The minimum atomic E-state index is -0.546. The van der Waals surface area contributed by atoms with Crippen LogP contribution in [0.15, 0.2) is 81.9 Å². The molecule has 30 heavy (non-hydrogen) atoms. The highest BCUT2D eigenvalue weighted by atomic mass is 79.9. The Balaban J connectivity index is 1.54. The van der Waals surface area contributed by atoms with Crippen molar-refractivity contribution in [3.05, 3.63) is 104 Å². The number of benzene rings is 3. The van der Waals surface area contributed by atoms with Crippen LogP contribution in [-0.2, 0) is 16.1 Å². The van der Waals surface area contributed by atoms with Gasteiger partial charge < -0.3 is 9.47 Å². The van der Waals surface area contributed by atoms with Crippen LogP contribution in [0.2, 0.25) is 10.0 Å². The minimum Gasteiger partial charge on any atom is -0.489 e. The van der Waals surface area contributed by atoms with Crippen LogP contribution in [0.25, 0.3) is 6.08 Å². The first-order chi connectivity index (χ1) is 14.5. The molecule has 0 aromatic heterocycles. The second-order valence-corrected chi connectivity index (χ2v) is 8.11. The summed E-state index contributed by atoms with van der Waals surface area (Å²) >= 11 is 15.6. The van der Waals surface area contributed by atoms with E-state index in [1.54, 1.807) is 24.3 Å². The largest absolute Gasteiger partial charge is 0.489 e. The van der Waals surface area contributed by atoms with Crippen molar-refractivity contribution in [1.29, 1.82) is 0 Å². The molecule has 0 saturated heterocycles. The lowest BCUT2D eigenvalue weighted by Gasteiger charge is -2.08. The molecule has 4 nitrogen and oxygen atoms in total. The molecule has 0 spiro atoms. The topological polar surface area (TPSA) is 47.9 Å². The predicted octanol–water partition coefficient (Wildman–Crippen LogP) is 6.68. The molecule has 3 aromatic carbocycles. The molecule has 1 aliphatic rings. The molecule has 0 radical (unpaired) electrons. The molecule has 0 N–H and O–H groups in total. The zero-order valence-corrected chi connectivity index (χ0v) is 18.5. The molecule has 3 aromatic rings. The van der Waals surface area contributed by atoms with Gasteiger partial charge in [0.15, 0.2) is 5.70 Å². The number of cyclic esters (lactones) is 1. The van der Waals surface area contributed by atoms with E-state index < -0.39 is 5.97 Å². The quantitative estimate of drug-likeness (QED) is 0.289. The SMILES string of the molecule is O=C1OC(c2ccc(Cl)cc2Cl)=N/C1=C\c1cccc(OCc2ccccc2Br)c1. The maximum atomic E-state index is 12.3. The Morgan fingerprint density at radius 1 is 1.03 bits per heavy atom. The number of esters is 1. The first-order valence-corrected chi connectivity index (χ1v) is 10.5. The molecule has 4 rings (SSSR count). The lowest BCUT2D eigenvalue weighted by molar-refractivity contribution is -0.129. The van der Waals surface area contributed by atoms with E-state index in [2.05, 4.69) is 20.9 Å². The van der Waals surface area contributed by atoms with Crippen molar-refractivity contribution in [3.8, 4) is 5.75 Å². The van der Waals surface area contributed by atoms with Crippen LogP contribution < -0.4 is 4.74 Å². The molecule has 150 valence electrons. The molecule has 1 heterocycles. The van der Waals surface area contributed by atoms with Gasteiger partial charge in [-0.15, -0.1) is 0 Å². The van der Waals surface area contributed by atoms with Gasteiger partial charge in [-0.05, 0) is 48.0 Å². The molecular formula is C23H14BrCl2NO3. The van der Waals surface area contributed by atoms with Crippen LogP contribution in [0.1, 0.15) is 16.7 Å². The Morgan fingerprint density at radius 2 is 1.87 bits per heavy atom. The van der Waals surface area contributed by atoms with Crippen molar-refractivity contribution in [1.82, 2.24) is 0 Å². The molecule has 0 saturated carbocycles. The number of carbonyl (C=O) groups is 1. The van der Waals surface area contributed by atoms with Crippen molar-refractivity contribution < 1.29 is 14.3 Å². The Bertz CT molecular complexity index is 1190. The molecule has 0 amide bonds. The van der Waals surface area contributed by atoms with Crippen molar-refractivity contribution in [2.24, 2.45) is 4.99 Å². The Labute approximate surface area is 191 Å². The Hall–Kier alpha value is -2.60. The zero-order chi connectivity index (χ0) is 21.1. The van der Waals surface area contributed by atoms with Crippen LogP contribution >= 0.6 is 39.1 Å². The predicted molar refractivity (Wildman–Crippen MR) is 122 cm³/mol. The summed E-state index contributed by atoms with van der Waals surface area (Å²) < 4.78 is 12.1. The van der Waals surface area contributed by atoms with E-state index in [0.29, 0.717) is 28.0 Å². The third-order valence-corrected chi connectivity index (χ3v) is 5.62. The van der Waals surface area contributed by atoms with E-state index in [0.717, 1.165) is 15.6 Å². The summed E-state index contributed by atoms with van der Waals surface area (Å²) in [4.78, 5) is 16.6. The normalized spacial score (nSPS) is 14.6. The van der Waals surface area contributed by atoms with Gasteiger partial charge in [0, 0.05) is 15.1 Å². The summed E-state index contributed by atoms with van der Waals surface area (Å²) in [6, 6.07) is 20.2. The van der Waals surface area contributed by atoms with E-state index in [4.69, 9.17) is 32.7 Å². The lowest BCUT2D eigenvalue weighted by Crippen LogP contribution is -2.05. The minimum absolute atomic E-state index is 0.147. The van der Waals surface area contributed by atoms with E-state index in [-0.39, 0.29) is 11.6 Å². The van der Waals surface area contributed by atoms with Gasteiger partial charge in [0.05, 0.1) is 10.6 Å². The van der Waals surface area contributed by atoms with Crippen LogP contribution in [0, 0.1) is 0 Å². The molecule has 0 fully saturated rings. The summed E-state index contributed by atoms with van der Waals surface area (Å²) in [7, 11) is 0. The van der Waals surface area contributed by atoms with Gasteiger partial charge in [-0.3, -0.25) is 0 Å². The van der Waals surface area contributed by atoms with Crippen LogP contribution in [0.3, 0.4) is 0 Å². The van der Waals surface area contributed by atoms with Gasteiger partial charge in [0.1, 0.15) is 12.4 Å². The number of nitrogens with zero attached hydrogens (tertiary/aromatic N) is 1. The van der Waals surface area contributed by atoms with Gasteiger partial charge in [-0.25, -0.2) is 9.79 Å². The number of aliphatic imine (C=N–C) groups is 1. The first-order valence-electron chi connectivity index (χ1n) is 8.94. The average Bonchev–Trinajstić information content (AvgIpc) is 3.07. The van der Waals surface area contributed by atoms with E-state index in [1.165, 1.54) is 0 Å². The second kappa shape index (κ2) is 9.04. The van der Waals surface area contributed by atoms with E-state index >= 15 is 0 Å². The Kier molecular flexibility index (Phi) is 6.23. The number of hydrogen-bond donors (Lipinski definition) is 0.